The first kappa shape index (κ1) is 12.4. The van der Waals surface area contributed by atoms with Crippen molar-refractivity contribution in [2.75, 3.05) is 5.32 Å². The molecule has 4 nitrogen and oxygen atoms in total. The minimum Gasteiger partial charge on any atom is -0.348 e. The Morgan fingerprint density at radius 2 is 1.90 bits per heavy atom. The molecule has 1 heterocycles. The van der Waals surface area contributed by atoms with Gasteiger partial charge in [-0.1, -0.05) is 24.3 Å². The number of nitrogens with one attached hydrogen (secondary N) is 2. The molecule has 1 aliphatic rings. The average Bonchev–Trinajstić information content (AvgIpc) is 2.86. The topological polar surface area (TPSA) is 58.2 Å². The lowest BCUT2D eigenvalue weighted by Crippen LogP contribution is -2.17. The standard InChI is InChI=1S/C16H14N2O2/c1-10-7-8-13(14-12(10)9-17-16(14)20)18-15(19)11-5-3-2-4-6-11/h2-8H,9H2,1H3,(H,17,20)(H,18,19). The fraction of sp³-hybridized carbons (Fsp3) is 0.125. The van der Waals surface area contributed by atoms with E-state index in [-0.39, 0.29) is 11.8 Å². The molecule has 2 N–H and O–H groups in total. The Kier molecular flexibility index (Phi) is 2.99. The molecule has 0 saturated carbocycles. The highest BCUT2D eigenvalue weighted by Crippen LogP contribution is 2.27. The molecule has 0 fully saturated rings. The molecule has 4 heteroatoms. The van der Waals surface area contributed by atoms with Crippen molar-refractivity contribution in [1.82, 2.24) is 5.32 Å². The number of fused-ring (bicyclic) bond motifs is 1. The van der Waals surface area contributed by atoms with Crippen molar-refractivity contribution in [1.29, 1.82) is 0 Å². The lowest BCUT2D eigenvalue weighted by Gasteiger charge is -2.10. The summed E-state index contributed by atoms with van der Waals surface area (Å²) in [6.07, 6.45) is 0. The summed E-state index contributed by atoms with van der Waals surface area (Å²) in [7, 11) is 0. The lowest BCUT2D eigenvalue weighted by atomic mass is 10.0. The number of hydrogen-bond acceptors (Lipinski definition) is 2. The third-order valence-electron chi connectivity index (χ3n) is 3.48. The number of carbonyl (C=O) groups excluding carboxylic acids is 2. The van der Waals surface area contributed by atoms with E-state index in [1.165, 1.54) is 0 Å². The molecule has 0 radical (unpaired) electrons. The van der Waals surface area contributed by atoms with Crippen LogP contribution < -0.4 is 10.6 Å². The van der Waals surface area contributed by atoms with Gasteiger partial charge in [-0.3, -0.25) is 9.59 Å². The Morgan fingerprint density at radius 3 is 2.65 bits per heavy atom. The number of rotatable bonds is 2. The van der Waals surface area contributed by atoms with Gasteiger partial charge >= 0.3 is 0 Å². The Labute approximate surface area is 116 Å². The maximum atomic E-state index is 12.2. The molecule has 2 aromatic carbocycles. The smallest absolute Gasteiger partial charge is 0.255 e. The van der Waals surface area contributed by atoms with E-state index < -0.39 is 0 Å². The van der Waals surface area contributed by atoms with Gasteiger partial charge in [0.05, 0.1) is 11.3 Å². The molecular weight excluding hydrogens is 252 g/mol. The third kappa shape index (κ3) is 2.05. The molecule has 0 aromatic heterocycles. The third-order valence-corrected chi connectivity index (χ3v) is 3.48. The van der Waals surface area contributed by atoms with Gasteiger partial charge in [0, 0.05) is 12.1 Å². The second-order valence-electron chi connectivity index (χ2n) is 4.79. The van der Waals surface area contributed by atoms with Crippen molar-refractivity contribution in [2.24, 2.45) is 0 Å². The van der Waals surface area contributed by atoms with E-state index >= 15 is 0 Å². The predicted octanol–water partition coefficient (Wildman–Crippen LogP) is 2.49. The van der Waals surface area contributed by atoms with Gasteiger partial charge in [0.15, 0.2) is 0 Å². The number of amides is 2. The van der Waals surface area contributed by atoms with Gasteiger partial charge < -0.3 is 10.6 Å². The van der Waals surface area contributed by atoms with Crippen LogP contribution in [-0.4, -0.2) is 11.8 Å². The molecule has 0 aliphatic carbocycles. The SMILES string of the molecule is Cc1ccc(NC(=O)c2ccccc2)c2c1CNC2=O. The highest BCUT2D eigenvalue weighted by atomic mass is 16.2. The first-order valence-electron chi connectivity index (χ1n) is 6.44. The number of anilines is 1. The first-order chi connectivity index (χ1) is 9.66. The van der Waals surface area contributed by atoms with Gasteiger partial charge in [0.1, 0.15) is 0 Å². The van der Waals surface area contributed by atoms with Crippen LogP contribution in [0.3, 0.4) is 0 Å². The molecule has 100 valence electrons. The summed E-state index contributed by atoms with van der Waals surface area (Å²) in [6.45, 7) is 2.48. The van der Waals surface area contributed by atoms with Gasteiger partial charge in [-0.2, -0.15) is 0 Å². The Bertz CT molecular complexity index is 693. The van der Waals surface area contributed by atoms with Crippen LogP contribution in [-0.2, 0) is 6.54 Å². The Morgan fingerprint density at radius 1 is 1.15 bits per heavy atom. The second kappa shape index (κ2) is 4.81. The van der Waals surface area contributed by atoms with E-state index in [0.29, 0.717) is 23.4 Å². The highest BCUT2D eigenvalue weighted by Gasteiger charge is 2.25. The van der Waals surface area contributed by atoms with E-state index in [1.54, 1.807) is 30.3 Å². The zero-order valence-electron chi connectivity index (χ0n) is 11.1. The molecule has 0 bridgehead atoms. The van der Waals surface area contributed by atoms with Crippen LogP contribution in [0.15, 0.2) is 42.5 Å². The minimum absolute atomic E-state index is 0.132. The van der Waals surface area contributed by atoms with Crippen LogP contribution in [0.5, 0.6) is 0 Å². The molecule has 0 spiro atoms. The van der Waals surface area contributed by atoms with E-state index in [0.717, 1.165) is 11.1 Å². The van der Waals surface area contributed by atoms with Gasteiger partial charge in [-0.15, -0.1) is 0 Å². The second-order valence-corrected chi connectivity index (χ2v) is 4.79. The lowest BCUT2D eigenvalue weighted by molar-refractivity contribution is 0.0966. The molecule has 2 aromatic rings. The molecule has 1 aliphatic heterocycles. The number of aryl methyl sites for hydroxylation is 1. The van der Waals surface area contributed by atoms with Crippen LogP contribution >= 0.6 is 0 Å². The van der Waals surface area contributed by atoms with Crippen molar-refractivity contribution < 1.29 is 9.59 Å². The maximum absolute atomic E-state index is 12.2. The van der Waals surface area contributed by atoms with Crippen LogP contribution in [0.1, 0.15) is 31.8 Å². The first-order valence-corrected chi connectivity index (χ1v) is 6.44. The van der Waals surface area contributed by atoms with Crippen LogP contribution in [0, 0.1) is 6.92 Å². The summed E-state index contributed by atoms with van der Waals surface area (Å²) >= 11 is 0. The van der Waals surface area contributed by atoms with Gasteiger partial charge in [-0.05, 0) is 36.2 Å². The number of hydrogen-bond donors (Lipinski definition) is 2. The van der Waals surface area contributed by atoms with Crippen LogP contribution in [0.25, 0.3) is 0 Å². The monoisotopic (exact) mass is 266 g/mol. The van der Waals surface area contributed by atoms with Gasteiger partial charge in [0.2, 0.25) is 0 Å². The highest BCUT2D eigenvalue weighted by molar-refractivity contribution is 6.10. The van der Waals surface area contributed by atoms with E-state index in [4.69, 9.17) is 0 Å². The Balaban J connectivity index is 1.95. The van der Waals surface area contributed by atoms with Crippen LogP contribution in [0.2, 0.25) is 0 Å². The van der Waals surface area contributed by atoms with Crippen molar-refractivity contribution in [3.05, 3.63) is 64.7 Å². The maximum Gasteiger partial charge on any atom is 0.255 e. The van der Waals surface area contributed by atoms with Gasteiger partial charge in [-0.25, -0.2) is 0 Å². The normalized spacial score (nSPS) is 12.8. The van der Waals surface area contributed by atoms with Gasteiger partial charge in [0.25, 0.3) is 11.8 Å². The molecule has 0 atom stereocenters. The molecular formula is C16H14N2O2. The minimum atomic E-state index is -0.212. The fourth-order valence-corrected chi connectivity index (χ4v) is 2.38. The fourth-order valence-electron chi connectivity index (χ4n) is 2.38. The number of benzene rings is 2. The summed E-state index contributed by atoms with van der Waals surface area (Å²) in [6, 6.07) is 12.6. The van der Waals surface area contributed by atoms with E-state index in [1.807, 2.05) is 19.1 Å². The zero-order valence-corrected chi connectivity index (χ0v) is 11.1. The summed E-state index contributed by atoms with van der Waals surface area (Å²) in [5.41, 5.74) is 3.72. The zero-order chi connectivity index (χ0) is 14.1. The predicted molar refractivity (Wildman–Crippen MR) is 76.7 cm³/mol. The van der Waals surface area contributed by atoms with E-state index in [2.05, 4.69) is 10.6 Å². The molecule has 0 unspecified atom stereocenters. The van der Waals surface area contributed by atoms with Crippen molar-refractivity contribution in [3.63, 3.8) is 0 Å². The summed E-state index contributed by atoms with van der Waals surface area (Å²) < 4.78 is 0. The average molecular weight is 266 g/mol. The quantitative estimate of drug-likeness (QED) is 0.877. The molecule has 20 heavy (non-hydrogen) atoms. The number of carbonyl (C=O) groups is 2. The van der Waals surface area contributed by atoms with E-state index in [9.17, 15) is 9.59 Å². The molecule has 3 rings (SSSR count). The van der Waals surface area contributed by atoms with Crippen molar-refractivity contribution in [3.8, 4) is 0 Å². The molecule has 0 saturated heterocycles. The van der Waals surface area contributed by atoms with Crippen molar-refractivity contribution >= 4 is 17.5 Å². The Hall–Kier alpha value is -2.62. The summed E-state index contributed by atoms with van der Waals surface area (Å²) in [5, 5.41) is 5.61. The van der Waals surface area contributed by atoms with Crippen LogP contribution in [0.4, 0.5) is 5.69 Å². The summed E-state index contributed by atoms with van der Waals surface area (Å²) in [5.74, 6) is -0.344. The molecule has 2 amide bonds. The largest absolute Gasteiger partial charge is 0.348 e. The summed E-state index contributed by atoms with van der Waals surface area (Å²) in [4.78, 5) is 24.1. The van der Waals surface area contributed by atoms with Crippen molar-refractivity contribution in [2.45, 2.75) is 13.5 Å².